The molecule has 0 aliphatic carbocycles. The lowest BCUT2D eigenvalue weighted by atomic mass is 10.1. The number of hydrogen-bond donors (Lipinski definition) is 3. The molecule has 0 aliphatic heterocycles. The fraction of sp³-hybridized carbons (Fsp3) is 0.462. The highest BCUT2D eigenvalue weighted by Crippen LogP contribution is 2.11. The van der Waals surface area contributed by atoms with Gasteiger partial charge in [-0.25, -0.2) is 0 Å². The fourth-order valence-electron chi connectivity index (χ4n) is 1.55. The smallest absolute Gasteiger partial charge is 0.222 e. The van der Waals surface area contributed by atoms with E-state index in [4.69, 9.17) is 5.73 Å². The second kappa shape index (κ2) is 7.04. The van der Waals surface area contributed by atoms with Gasteiger partial charge in [0.25, 0.3) is 0 Å². The summed E-state index contributed by atoms with van der Waals surface area (Å²) in [5, 5.41) is 12.6. The first-order valence-electron chi connectivity index (χ1n) is 5.86. The van der Waals surface area contributed by atoms with Crippen molar-refractivity contribution in [3.63, 3.8) is 0 Å². The molecule has 1 rings (SSSR count). The van der Waals surface area contributed by atoms with Crippen LogP contribution in [0.4, 0.5) is 0 Å². The number of carbonyl (C=O) groups excluding carboxylic acids is 1. The standard InChI is InChI=1S/C13H20N2O2/c1-10(7-8-14)13(17)15-9-12(16)11-5-3-2-4-6-11/h2-6,10,12,16H,7-9,14H2,1H3,(H,15,17). The van der Waals surface area contributed by atoms with Crippen LogP contribution in [0, 0.1) is 5.92 Å². The fourth-order valence-corrected chi connectivity index (χ4v) is 1.55. The predicted octanol–water partition coefficient (Wildman–Crippen LogP) is 0.821. The molecule has 1 aromatic rings. The molecule has 0 heterocycles. The van der Waals surface area contributed by atoms with Gasteiger partial charge in [-0.05, 0) is 18.5 Å². The molecule has 1 amide bonds. The SMILES string of the molecule is CC(CCN)C(=O)NCC(O)c1ccccc1. The first-order chi connectivity index (χ1) is 8.15. The van der Waals surface area contributed by atoms with Crippen LogP contribution in [-0.2, 0) is 4.79 Å². The number of aliphatic hydroxyl groups excluding tert-OH is 1. The molecule has 0 saturated carbocycles. The number of rotatable bonds is 6. The Morgan fingerprint density at radius 3 is 2.65 bits per heavy atom. The maximum Gasteiger partial charge on any atom is 0.222 e. The largest absolute Gasteiger partial charge is 0.387 e. The molecule has 0 aliphatic rings. The maximum absolute atomic E-state index is 11.6. The molecule has 0 bridgehead atoms. The number of hydrogen-bond acceptors (Lipinski definition) is 3. The lowest BCUT2D eigenvalue weighted by molar-refractivity contribution is -0.125. The van der Waals surface area contributed by atoms with E-state index in [1.54, 1.807) is 0 Å². The molecular weight excluding hydrogens is 216 g/mol. The van der Waals surface area contributed by atoms with Crippen LogP contribution in [0.25, 0.3) is 0 Å². The van der Waals surface area contributed by atoms with Gasteiger partial charge >= 0.3 is 0 Å². The summed E-state index contributed by atoms with van der Waals surface area (Å²) in [4.78, 5) is 11.6. The predicted molar refractivity (Wildman–Crippen MR) is 67.2 cm³/mol. The lowest BCUT2D eigenvalue weighted by Gasteiger charge is -2.15. The van der Waals surface area contributed by atoms with E-state index >= 15 is 0 Å². The average Bonchev–Trinajstić information content (AvgIpc) is 2.36. The summed E-state index contributed by atoms with van der Waals surface area (Å²) in [6, 6.07) is 9.27. The zero-order valence-electron chi connectivity index (χ0n) is 10.1. The average molecular weight is 236 g/mol. The number of nitrogens with two attached hydrogens (primary N) is 1. The summed E-state index contributed by atoms with van der Waals surface area (Å²) < 4.78 is 0. The van der Waals surface area contributed by atoms with E-state index in [1.807, 2.05) is 37.3 Å². The Bertz CT molecular complexity index is 341. The Morgan fingerprint density at radius 1 is 1.41 bits per heavy atom. The van der Waals surface area contributed by atoms with Crippen molar-refractivity contribution in [3.8, 4) is 0 Å². The van der Waals surface area contributed by atoms with E-state index in [0.717, 1.165) is 5.56 Å². The summed E-state index contributed by atoms with van der Waals surface area (Å²) in [7, 11) is 0. The minimum atomic E-state index is -0.662. The zero-order chi connectivity index (χ0) is 12.7. The molecular formula is C13H20N2O2. The highest BCUT2D eigenvalue weighted by Gasteiger charge is 2.13. The number of benzene rings is 1. The highest BCUT2D eigenvalue weighted by molar-refractivity contribution is 5.78. The summed E-state index contributed by atoms with van der Waals surface area (Å²) in [6.45, 7) is 2.56. The van der Waals surface area contributed by atoms with Gasteiger partial charge in [0.05, 0.1) is 6.10 Å². The highest BCUT2D eigenvalue weighted by atomic mass is 16.3. The molecule has 0 fully saturated rings. The summed E-state index contributed by atoms with van der Waals surface area (Å²) in [5.74, 6) is -0.173. The monoisotopic (exact) mass is 236 g/mol. The van der Waals surface area contributed by atoms with Gasteiger partial charge in [0.1, 0.15) is 0 Å². The van der Waals surface area contributed by atoms with Crippen molar-refractivity contribution in [3.05, 3.63) is 35.9 Å². The first-order valence-corrected chi connectivity index (χ1v) is 5.86. The minimum absolute atomic E-state index is 0.0644. The topological polar surface area (TPSA) is 75.4 Å². The number of aliphatic hydroxyl groups is 1. The van der Waals surface area contributed by atoms with Crippen molar-refractivity contribution in [1.29, 1.82) is 0 Å². The van der Waals surface area contributed by atoms with E-state index in [-0.39, 0.29) is 18.4 Å². The van der Waals surface area contributed by atoms with Gasteiger partial charge in [-0.3, -0.25) is 4.79 Å². The van der Waals surface area contributed by atoms with Gasteiger partial charge in [0.2, 0.25) is 5.91 Å². The number of amides is 1. The molecule has 0 spiro atoms. The molecule has 4 N–H and O–H groups in total. The third-order valence-corrected chi connectivity index (χ3v) is 2.70. The second-order valence-electron chi connectivity index (χ2n) is 4.15. The summed E-state index contributed by atoms with van der Waals surface area (Å²) >= 11 is 0. The van der Waals surface area contributed by atoms with E-state index in [9.17, 15) is 9.90 Å². The van der Waals surface area contributed by atoms with Crippen molar-refractivity contribution in [2.45, 2.75) is 19.4 Å². The van der Waals surface area contributed by atoms with E-state index in [0.29, 0.717) is 13.0 Å². The van der Waals surface area contributed by atoms with Crippen molar-refractivity contribution in [1.82, 2.24) is 5.32 Å². The second-order valence-corrected chi connectivity index (χ2v) is 4.15. The first kappa shape index (κ1) is 13.7. The maximum atomic E-state index is 11.6. The van der Waals surface area contributed by atoms with Crippen LogP contribution in [0.15, 0.2) is 30.3 Å². The van der Waals surface area contributed by atoms with Crippen molar-refractivity contribution in [2.75, 3.05) is 13.1 Å². The molecule has 1 aromatic carbocycles. The molecule has 2 atom stereocenters. The number of carbonyl (C=O) groups is 1. The number of nitrogens with one attached hydrogen (secondary N) is 1. The quantitative estimate of drug-likeness (QED) is 0.684. The minimum Gasteiger partial charge on any atom is -0.387 e. The van der Waals surface area contributed by atoms with Gasteiger partial charge in [0.15, 0.2) is 0 Å². The van der Waals surface area contributed by atoms with Crippen molar-refractivity contribution < 1.29 is 9.90 Å². The third kappa shape index (κ3) is 4.54. The molecule has 4 heteroatoms. The molecule has 0 saturated heterocycles. The Labute approximate surface area is 102 Å². The van der Waals surface area contributed by atoms with Gasteiger partial charge < -0.3 is 16.2 Å². The van der Waals surface area contributed by atoms with Crippen molar-refractivity contribution >= 4 is 5.91 Å². The molecule has 0 aromatic heterocycles. The Morgan fingerprint density at radius 2 is 2.06 bits per heavy atom. The van der Waals surface area contributed by atoms with Gasteiger partial charge in [-0.2, -0.15) is 0 Å². The van der Waals surface area contributed by atoms with Crippen LogP contribution in [0.1, 0.15) is 25.0 Å². The van der Waals surface area contributed by atoms with Crippen LogP contribution in [0.5, 0.6) is 0 Å². The molecule has 17 heavy (non-hydrogen) atoms. The van der Waals surface area contributed by atoms with Gasteiger partial charge in [-0.15, -0.1) is 0 Å². The normalized spacial score (nSPS) is 14.1. The van der Waals surface area contributed by atoms with Gasteiger partial charge in [0, 0.05) is 12.5 Å². The Hall–Kier alpha value is -1.39. The molecule has 0 radical (unpaired) electrons. The molecule has 2 unspecified atom stereocenters. The van der Waals surface area contributed by atoms with Gasteiger partial charge in [-0.1, -0.05) is 37.3 Å². The third-order valence-electron chi connectivity index (χ3n) is 2.70. The van der Waals surface area contributed by atoms with Crippen molar-refractivity contribution in [2.24, 2.45) is 11.7 Å². The Balaban J connectivity index is 2.38. The summed E-state index contributed by atoms with van der Waals surface area (Å²) in [5.41, 5.74) is 6.19. The Kier molecular flexibility index (Phi) is 5.66. The molecule has 94 valence electrons. The van der Waals surface area contributed by atoms with Crippen LogP contribution in [-0.4, -0.2) is 24.1 Å². The molecule has 4 nitrogen and oxygen atoms in total. The van der Waals surface area contributed by atoms with E-state index in [1.165, 1.54) is 0 Å². The van der Waals surface area contributed by atoms with Crippen LogP contribution >= 0.6 is 0 Å². The van der Waals surface area contributed by atoms with E-state index in [2.05, 4.69) is 5.32 Å². The summed E-state index contributed by atoms with van der Waals surface area (Å²) in [6.07, 6.45) is -0.00184. The zero-order valence-corrected chi connectivity index (χ0v) is 10.1. The van der Waals surface area contributed by atoms with E-state index < -0.39 is 6.10 Å². The lowest BCUT2D eigenvalue weighted by Crippen LogP contribution is -2.33. The van der Waals surface area contributed by atoms with Crippen LogP contribution in [0.2, 0.25) is 0 Å². The van der Waals surface area contributed by atoms with Crippen LogP contribution in [0.3, 0.4) is 0 Å². The van der Waals surface area contributed by atoms with Crippen LogP contribution < -0.4 is 11.1 Å².